The maximum atomic E-state index is 9.57. The third-order valence-electron chi connectivity index (χ3n) is 2.87. The van der Waals surface area contributed by atoms with Gasteiger partial charge in [0.25, 0.3) is 0 Å². The molecule has 13 heavy (non-hydrogen) atoms. The number of nitrogens with two attached hydrogens (primary N) is 1. The Morgan fingerprint density at radius 3 is 2.92 bits per heavy atom. The second kappa shape index (κ2) is 5.58. The van der Waals surface area contributed by atoms with Crippen LogP contribution in [0.1, 0.15) is 32.6 Å². The van der Waals surface area contributed by atoms with Gasteiger partial charge in [-0.15, -0.1) is 0 Å². The number of rotatable bonds is 4. The van der Waals surface area contributed by atoms with Crippen molar-refractivity contribution in [3.8, 4) is 0 Å². The van der Waals surface area contributed by atoms with Crippen molar-refractivity contribution in [2.24, 2.45) is 5.73 Å². The average Bonchev–Trinajstić information content (AvgIpc) is 2.15. The molecule has 3 N–H and O–H groups in total. The van der Waals surface area contributed by atoms with E-state index in [0.29, 0.717) is 6.04 Å². The van der Waals surface area contributed by atoms with Crippen molar-refractivity contribution in [1.82, 2.24) is 4.90 Å². The smallest absolute Gasteiger partial charge is 0.0667 e. The predicted octanol–water partition coefficient (Wildman–Crippen LogP) is 0.570. The molecule has 0 radical (unpaired) electrons. The van der Waals surface area contributed by atoms with Crippen LogP contribution < -0.4 is 5.73 Å². The van der Waals surface area contributed by atoms with Gasteiger partial charge in [0.05, 0.1) is 6.10 Å². The minimum Gasteiger partial charge on any atom is -0.392 e. The summed E-state index contributed by atoms with van der Waals surface area (Å²) in [5.41, 5.74) is 5.48. The summed E-state index contributed by atoms with van der Waals surface area (Å²) < 4.78 is 0. The molecule has 1 heterocycles. The Morgan fingerprint density at radius 2 is 2.31 bits per heavy atom. The molecule has 78 valence electrons. The molecule has 0 bridgehead atoms. The molecular weight excluding hydrogens is 164 g/mol. The minimum absolute atomic E-state index is 0.196. The molecule has 1 rings (SSSR count). The summed E-state index contributed by atoms with van der Waals surface area (Å²) in [4.78, 5) is 2.39. The van der Waals surface area contributed by atoms with E-state index in [1.165, 1.54) is 12.8 Å². The van der Waals surface area contributed by atoms with Gasteiger partial charge in [0, 0.05) is 6.04 Å². The van der Waals surface area contributed by atoms with Crippen LogP contribution in [0.5, 0.6) is 0 Å². The zero-order valence-electron chi connectivity index (χ0n) is 8.58. The van der Waals surface area contributed by atoms with Crippen LogP contribution in [0.2, 0.25) is 0 Å². The molecule has 0 aromatic rings. The van der Waals surface area contributed by atoms with Gasteiger partial charge in [-0.1, -0.05) is 6.42 Å². The van der Waals surface area contributed by atoms with E-state index in [1.807, 2.05) is 6.92 Å². The Bertz CT molecular complexity index is 139. The fourth-order valence-electron chi connectivity index (χ4n) is 2.14. The molecule has 0 aromatic heterocycles. The number of aliphatic hydroxyl groups is 1. The average molecular weight is 186 g/mol. The third-order valence-corrected chi connectivity index (χ3v) is 2.87. The highest BCUT2D eigenvalue weighted by molar-refractivity contribution is 4.80. The highest BCUT2D eigenvalue weighted by Gasteiger charge is 2.25. The van der Waals surface area contributed by atoms with Crippen LogP contribution in [-0.4, -0.2) is 41.8 Å². The standard InChI is InChI=1S/C10H22N2O/c1-9(13)10-5-2-3-7-12(10)8-4-6-11/h9-10,13H,2-8,11H2,1H3. The van der Waals surface area contributed by atoms with Crippen LogP contribution in [0.25, 0.3) is 0 Å². The summed E-state index contributed by atoms with van der Waals surface area (Å²) >= 11 is 0. The normalized spacial score (nSPS) is 27.5. The van der Waals surface area contributed by atoms with E-state index in [2.05, 4.69) is 4.90 Å². The highest BCUT2D eigenvalue weighted by atomic mass is 16.3. The van der Waals surface area contributed by atoms with Crippen molar-refractivity contribution in [2.75, 3.05) is 19.6 Å². The Hall–Kier alpha value is -0.120. The summed E-state index contributed by atoms with van der Waals surface area (Å²) in [6.07, 6.45) is 4.52. The van der Waals surface area contributed by atoms with E-state index in [0.717, 1.165) is 32.5 Å². The number of hydrogen-bond donors (Lipinski definition) is 2. The Balaban J connectivity index is 2.37. The fourth-order valence-corrected chi connectivity index (χ4v) is 2.14. The summed E-state index contributed by atoms with van der Waals surface area (Å²) in [6, 6.07) is 0.375. The quantitative estimate of drug-likeness (QED) is 0.675. The first-order chi connectivity index (χ1) is 6.25. The maximum absolute atomic E-state index is 9.57. The highest BCUT2D eigenvalue weighted by Crippen LogP contribution is 2.19. The number of likely N-dealkylation sites (tertiary alicyclic amines) is 1. The monoisotopic (exact) mass is 186 g/mol. The van der Waals surface area contributed by atoms with E-state index in [-0.39, 0.29) is 6.10 Å². The van der Waals surface area contributed by atoms with Crippen LogP contribution in [0.4, 0.5) is 0 Å². The molecule has 3 heteroatoms. The molecule has 0 amide bonds. The van der Waals surface area contributed by atoms with Crippen molar-refractivity contribution in [3.63, 3.8) is 0 Å². The molecule has 1 saturated heterocycles. The lowest BCUT2D eigenvalue weighted by atomic mass is 9.98. The number of aliphatic hydroxyl groups excluding tert-OH is 1. The van der Waals surface area contributed by atoms with Gasteiger partial charge in [-0.3, -0.25) is 4.90 Å². The van der Waals surface area contributed by atoms with Gasteiger partial charge in [0.2, 0.25) is 0 Å². The Morgan fingerprint density at radius 1 is 1.54 bits per heavy atom. The number of nitrogens with zero attached hydrogens (tertiary/aromatic N) is 1. The van der Waals surface area contributed by atoms with E-state index >= 15 is 0 Å². The van der Waals surface area contributed by atoms with Crippen molar-refractivity contribution in [1.29, 1.82) is 0 Å². The number of hydrogen-bond acceptors (Lipinski definition) is 3. The van der Waals surface area contributed by atoms with Crippen molar-refractivity contribution < 1.29 is 5.11 Å². The Kier molecular flexibility index (Phi) is 4.70. The van der Waals surface area contributed by atoms with E-state index in [9.17, 15) is 5.11 Å². The first kappa shape index (κ1) is 11.0. The summed E-state index contributed by atoms with van der Waals surface area (Å²) in [5.74, 6) is 0. The second-order valence-corrected chi connectivity index (χ2v) is 3.98. The van der Waals surface area contributed by atoms with Crippen LogP contribution in [0, 0.1) is 0 Å². The molecule has 0 saturated carbocycles. The fraction of sp³-hybridized carbons (Fsp3) is 1.00. The SMILES string of the molecule is CC(O)C1CCCCN1CCCN. The molecule has 1 aliphatic heterocycles. The van der Waals surface area contributed by atoms with Crippen LogP contribution in [-0.2, 0) is 0 Å². The zero-order chi connectivity index (χ0) is 9.68. The summed E-state index contributed by atoms with van der Waals surface area (Å²) in [6.45, 7) is 4.83. The van der Waals surface area contributed by atoms with E-state index in [4.69, 9.17) is 5.73 Å². The molecule has 0 aliphatic carbocycles. The predicted molar refractivity (Wildman–Crippen MR) is 54.6 cm³/mol. The van der Waals surface area contributed by atoms with Gasteiger partial charge in [0.15, 0.2) is 0 Å². The van der Waals surface area contributed by atoms with E-state index in [1.54, 1.807) is 0 Å². The molecule has 1 aliphatic rings. The summed E-state index contributed by atoms with van der Waals surface area (Å²) in [7, 11) is 0. The van der Waals surface area contributed by atoms with Gasteiger partial charge in [-0.25, -0.2) is 0 Å². The van der Waals surface area contributed by atoms with Gasteiger partial charge in [0.1, 0.15) is 0 Å². The third kappa shape index (κ3) is 3.25. The van der Waals surface area contributed by atoms with Crippen LogP contribution in [0.15, 0.2) is 0 Å². The maximum Gasteiger partial charge on any atom is 0.0667 e. The molecule has 1 fully saturated rings. The largest absolute Gasteiger partial charge is 0.392 e. The van der Waals surface area contributed by atoms with E-state index < -0.39 is 0 Å². The van der Waals surface area contributed by atoms with Gasteiger partial charge in [-0.05, 0) is 45.8 Å². The second-order valence-electron chi connectivity index (χ2n) is 3.98. The topological polar surface area (TPSA) is 49.5 Å². The zero-order valence-corrected chi connectivity index (χ0v) is 8.58. The van der Waals surface area contributed by atoms with Crippen LogP contribution in [0.3, 0.4) is 0 Å². The molecule has 0 aromatic carbocycles. The molecule has 3 nitrogen and oxygen atoms in total. The molecule has 0 spiro atoms. The van der Waals surface area contributed by atoms with Crippen molar-refractivity contribution in [2.45, 2.75) is 44.8 Å². The van der Waals surface area contributed by atoms with Gasteiger partial charge in [-0.2, -0.15) is 0 Å². The summed E-state index contributed by atoms with van der Waals surface area (Å²) in [5, 5.41) is 9.57. The van der Waals surface area contributed by atoms with Crippen molar-refractivity contribution in [3.05, 3.63) is 0 Å². The minimum atomic E-state index is -0.196. The lowest BCUT2D eigenvalue weighted by molar-refractivity contribution is 0.0363. The van der Waals surface area contributed by atoms with Crippen LogP contribution >= 0.6 is 0 Å². The lowest BCUT2D eigenvalue weighted by Crippen LogP contribution is -2.46. The Labute approximate surface area is 80.9 Å². The van der Waals surface area contributed by atoms with Gasteiger partial charge >= 0.3 is 0 Å². The molecular formula is C10H22N2O. The number of piperidine rings is 1. The molecule has 2 unspecified atom stereocenters. The first-order valence-corrected chi connectivity index (χ1v) is 5.38. The molecule has 2 atom stereocenters. The lowest BCUT2D eigenvalue weighted by Gasteiger charge is -2.37. The van der Waals surface area contributed by atoms with Crippen molar-refractivity contribution >= 4 is 0 Å². The van der Waals surface area contributed by atoms with Gasteiger partial charge < -0.3 is 10.8 Å². The first-order valence-electron chi connectivity index (χ1n) is 5.38.